The molecule has 104 valence electrons. The van der Waals surface area contributed by atoms with Crippen LogP contribution in [0.3, 0.4) is 0 Å². The second-order valence-electron chi connectivity index (χ2n) is 6.24. The molecule has 4 rings (SSSR count). The van der Waals surface area contributed by atoms with E-state index in [1.165, 1.54) is 50.6 Å². The molecule has 0 radical (unpaired) electrons. The van der Waals surface area contributed by atoms with E-state index in [0.717, 1.165) is 11.0 Å². The van der Waals surface area contributed by atoms with E-state index in [1.807, 2.05) is 24.4 Å². The average Bonchev–Trinajstić information content (AvgIpc) is 3.33. The summed E-state index contributed by atoms with van der Waals surface area (Å²) in [7, 11) is 0. The van der Waals surface area contributed by atoms with E-state index in [0.29, 0.717) is 12.0 Å². The molecule has 0 atom stereocenters. The molecule has 0 bridgehead atoms. The van der Waals surface area contributed by atoms with Gasteiger partial charge in [-0.2, -0.15) is 0 Å². The maximum atomic E-state index is 12.4. The Balaban J connectivity index is 1.94. The van der Waals surface area contributed by atoms with E-state index in [4.69, 9.17) is 0 Å². The van der Waals surface area contributed by atoms with Gasteiger partial charge in [0.25, 0.3) is 0 Å². The number of nitrogens with zero attached hydrogens (tertiary/aromatic N) is 2. The molecule has 0 N–H and O–H groups in total. The molecule has 2 aliphatic rings. The Kier molecular flexibility index (Phi) is 2.86. The van der Waals surface area contributed by atoms with Crippen molar-refractivity contribution in [3.63, 3.8) is 0 Å². The van der Waals surface area contributed by atoms with Crippen molar-refractivity contribution in [1.29, 1.82) is 0 Å². The molecule has 2 aliphatic carbocycles. The average molecular weight is 268 g/mol. The van der Waals surface area contributed by atoms with Gasteiger partial charge in [-0.3, -0.25) is 4.79 Å². The van der Waals surface area contributed by atoms with E-state index in [9.17, 15) is 4.79 Å². The summed E-state index contributed by atoms with van der Waals surface area (Å²) in [6, 6.07) is 6.25. The molecule has 2 fully saturated rings. The van der Waals surface area contributed by atoms with Crippen LogP contribution in [0.5, 0.6) is 0 Å². The summed E-state index contributed by atoms with van der Waals surface area (Å²) in [5.74, 6) is 0.559. The van der Waals surface area contributed by atoms with Gasteiger partial charge in [0.1, 0.15) is 5.65 Å². The Hall–Kier alpha value is -1.64. The Labute approximate surface area is 118 Å². The molecule has 2 saturated carbocycles. The summed E-state index contributed by atoms with van der Waals surface area (Å²) < 4.78 is 2.38. The minimum Gasteiger partial charge on any atom is -0.326 e. The zero-order chi connectivity index (χ0) is 13.5. The van der Waals surface area contributed by atoms with Crippen molar-refractivity contribution in [3.05, 3.63) is 40.3 Å². The zero-order valence-corrected chi connectivity index (χ0v) is 11.7. The van der Waals surface area contributed by atoms with Gasteiger partial charge in [0.05, 0.1) is 5.39 Å². The Bertz CT molecular complexity index is 694. The third kappa shape index (κ3) is 1.96. The summed E-state index contributed by atoms with van der Waals surface area (Å²) in [5, 5.41) is 0.777. The zero-order valence-electron chi connectivity index (χ0n) is 11.7. The van der Waals surface area contributed by atoms with Gasteiger partial charge < -0.3 is 4.57 Å². The van der Waals surface area contributed by atoms with Crippen LogP contribution in [0.2, 0.25) is 0 Å². The fraction of sp³-hybridized carbons (Fsp3) is 0.529. The SMILES string of the molecule is O=c1cc(C2CCCCC2)n(C2CC2)c2ncccc12. The second kappa shape index (κ2) is 4.72. The number of pyridine rings is 2. The van der Waals surface area contributed by atoms with Crippen LogP contribution in [0, 0.1) is 0 Å². The third-order valence-corrected chi connectivity index (χ3v) is 4.77. The van der Waals surface area contributed by atoms with Gasteiger partial charge in [0, 0.05) is 24.0 Å². The summed E-state index contributed by atoms with van der Waals surface area (Å²) >= 11 is 0. The van der Waals surface area contributed by atoms with Crippen LogP contribution in [-0.2, 0) is 0 Å². The van der Waals surface area contributed by atoms with Gasteiger partial charge in [-0.25, -0.2) is 4.98 Å². The first-order valence-corrected chi connectivity index (χ1v) is 7.85. The minimum atomic E-state index is 0.144. The molecule has 0 saturated heterocycles. The molecule has 0 aliphatic heterocycles. The van der Waals surface area contributed by atoms with E-state index >= 15 is 0 Å². The lowest BCUT2D eigenvalue weighted by Crippen LogP contribution is -2.19. The van der Waals surface area contributed by atoms with Crippen LogP contribution in [-0.4, -0.2) is 9.55 Å². The molecule has 3 heteroatoms. The van der Waals surface area contributed by atoms with Gasteiger partial charge in [0.15, 0.2) is 5.43 Å². The van der Waals surface area contributed by atoms with E-state index in [-0.39, 0.29) is 5.43 Å². The quantitative estimate of drug-likeness (QED) is 0.830. The molecule has 0 spiro atoms. The monoisotopic (exact) mass is 268 g/mol. The predicted molar refractivity (Wildman–Crippen MR) is 80.1 cm³/mol. The fourth-order valence-electron chi connectivity index (χ4n) is 3.61. The molecule has 0 amide bonds. The summed E-state index contributed by atoms with van der Waals surface area (Å²) in [5.41, 5.74) is 2.30. The first kappa shape index (κ1) is 12.1. The molecule has 20 heavy (non-hydrogen) atoms. The highest BCUT2D eigenvalue weighted by molar-refractivity contribution is 5.75. The summed E-state index contributed by atoms with van der Waals surface area (Å²) in [6.45, 7) is 0. The first-order valence-electron chi connectivity index (χ1n) is 7.85. The number of aromatic nitrogens is 2. The van der Waals surface area contributed by atoms with Crippen LogP contribution in [0.25, 0.3) is 11.0 Å². The van der Waals surface area contributed by atoms with Crippen molar-refractivity contribution in [2.24, 2.45) is 0 Å². The standard InChI is InChI=1S/C17H20N2O/c20-16-11-15(12-5-2-1-3-6-12)19(13-8-9-13)17-14(16)7-4-10-18-17/h4,7,10-13H,1-3,5-6,8-9H2. The van der Waals surface area contributed by atoms with Gasteiger partial charge in [-0.15, -0.1) is 0 Å². The highest BCUT2D eigenvalue weighted by Crippen LogP contribution is 2.41. The summed E-state index contributed by atoms with van der Waals surface area (Å²) in [4.78, 5) is 16.9. The van der Waals surface area contributed by atoms with Crippen LogP contribution >= 0.6 is 0 Å². The highest BCUT2D eigenvalue weighted by atomic mass is 16.1. The highest BCUT2D eigenvalue weighted by Gasteiger charge is 2.30. The van der Waals surface area contributed by atoms with E-state index in [2.05, 4.69) is 9.55 Å². The number of rotatable bonds is 2. The topological polar surface area (TPSA) is 34.9 Å². The lowest BCUT2D eigenvalue weighted by Gasteiger charge is -2.26. The van der Waals surface area contributed by atoms with E-state index in [1.54, 1.807) is 0 Å². The molecule has 2 heterocycles. The van der Waals surface area contributed by atoms with Crippen LogP contribution in [0.1, 0.15) is 62.6 Å². The van der Waals surface area contributed by atoms with E-state index < -0.39 is 0 Å². The van der Waals surface area contributed by atoms with Gasteiger partial charge in [0.2, 0.25) is 0 Å². The van der Waals surface area contributed by atoms with Crippen LogP contribution < -0.4 is 5.43 Å². The Morgan fingerprint density at radius 1 is 1.10 bits per heavy atom. The van der Waals surface area contributed by atoms with Gasteiger partial charge in [-0.05, 0) is 43.7 Å². The van der Waals surface area contributed by atoms with Gasteiger partial charge in [-0.1, -0.05) is 19.3 Å². The molecule has 3 nitrogen and oxygen atoms in total. The van der Waals surface area contributed by atoms with Crippen molar-refractivity contribution in [2.45, 2.75) is 56.9 Å². The smallest absolute Gasteiger partial charge is 0.191 e. The summed E-state index contributed by atoms with van der Waals surface area (Å²) in [6.07, 6.45) is 10.7. The lowest BCUT2D eigenvalue weighted by molar-refractivity contribution is 0.423. The van der Waals surface area contributed by atoms with Crippen molar-refractivity contribution in [3.8, 4) is 0 Å². The largest absolute Gasteiger partial charge is 0.326 e. The molecular formula is C17H20N2O. The van der Waals surface area contributed by atoms with Crippen molar-refractivity contribution in [2.75, 3.05) is 0 Å². The molecule has 0 aromatic carbocycles. The Morgan fingerprint density at radius 3 is 2.65 bits per heavy atom. The fourth-order valence-corrected chi connectivity index (χ4v) is 3.61. The maximum Gasteiger partial charge on any atom is 0.191 e. The normalized spacial score (nSPS) is 20.4. The molecule has 2 aromatic heterocycles. The van der Waals surface area contributed by atoms with Gasteiger partial charge >= 0.3 is 0 Å². The second-order valence-corrected chi connectivity index (χ2v) is 6.24. The lowest BCUT2D eigenvalue weighted by atomic mass is 9.86. The Morgan fingerprint density at radius 2 is 1.90 bits per heavy atom. The number of hydrogen-bond acceptors (Lipinski definition) is 2. The van der Waals surface area contributed by atoms with Crippen LogP contribution in [0.4, 0.5) is 0 Å². The number of hydrogen-bond donors (Lipinski definition) is 0. The van der Waals surface area contributed by atoms with Crippen molar-refractivity contribution in [1.82, 2.24) is 9.55 Å². The van der Waals surface area contributed by atoms with Crippen molar-refractivity contribution >= 4 is 11.0 Å². The minimum absolute atomic E-state index is 0.144. The third-order valence-electron chi connectivity index (χ3n) is 4.77. The first-order chi connectivity index (χ1) is 9.84. The predicted octanol–water partition coefficient (Wildman–Crippen LogP) is 3.78. The molecule has 2 aromatic rings. The maximum absolute atomic E-state index is 12.4. The van der Waals surface area contributed by atoms with Crippen LogP contribution in [0.15, 0.2) is 29.2 Å². The molecular weight excluding hydrogens is 248 g/mol. The van der Waals surface area contributed by atoms with Crippen molar-refractivity contribution < 1.29 is 0 Å². The number of fused-ring (bicyclic) bond motifs is 1. The molecule has 0 unspecified atom stereocenters.